The van der Waals surface area contributed by atoms with Crippen LogP contribution in [0.4, 0.5) is 0 Å². The van der Waals surface area contributed by atoms with Crippen molar-refractivity contribution in [3.63, 3.8) is 0 Å². The second-order valence-electron chi connectivity index (χ2n) is 4.70. The fraction of sp³-hybridized carbons (Fsp3) is 0.333. The van der Waals surface area contributed by atoms with Gasteiger partial charge in [0.2, 0.25) is 0 Å². The molecule has 2 aromatic heterocycles. The summed E-state index contributed by atoms with van der Waals surface area (Å²) < 4.78 is 1.68. The zero-order chi connectivity index (χ0) is 14.3. The highest BCUT2D eigenvalue weighted by Crippen LogP contribution is 2.25. The molecule has 0 aliphatic carbocycles. The summed E-state index contributed by atoms with van der Waals surface area (Å²) in [6.45, 7) is 2.99. The van der Waals surface area contributed by atoms with E-state index < -0.39 is 5.91 Å². The molecule has 1 aliphatic heterocycles. The number of hydrogen-bond donors (Lipinski definition) is 1. The molecular weight excluding hydrogens is 278 g/mol. The molecule has 1 aliphatic rings. The lowest BCUT2D eigenvalue weighted by atomic mass is 10.1. The largest absolute Gasteiger partial charge is 0.366 e. The van der Waals surface area contributed by atoms with Crippen molar-refractivity contribution in [2.45, 2.75) is 13.0 Å². The van der Waals surface area contributed by atoms with Gasteiger partial charge in [-0.3, -0.25) is 14.3 Å². The van der Waals surface area contributed by atoms with Crippen LogP contribution >= 0.6 is 11.3 Å². The number of carbonyl (C=O) groups is 2. The summed E-state index contributed by atoms with van der Waals surface area (Å²) in [6, 6.07) is 0.0975. The van der Waals surface area contributed by atoms with Crippen LogP contribution in [0.3, 0.4) is 0 Å². The first kappa shape index (κ1) is 12.8. The number of nitrogens with zero attached hydrogens (tertiary/aromatic N) is 4. The number of likely N-dealkylation sites (tertiary alicyclic amines) is 1. The van der Waals surface area contributed by atoms with Crippen LogP contribution < -0.4 is 5.73 Å². The van der Waals surface area contributed by atoms with Crippen molar-refractivity contribution in [3.8, 4) is 0 Å². The van der Waals surface area contributed by atoms with Crippen LogP contribution in [0.25, 0.3) is 0 Å². The number of amides is 2. The van der Waals surface area contributed by atoms with E-state index in [0.29, 0.717) is 23.5 Å². The average Bonchev–Trinajstić information content (AvgIpc) is 2.95. The van der Waals surface area contributed by atoms with E-state index in [-0.39, 0.29) is 11.9 Å². The molecule has 0 atom stereocenters. The maximum atomic E-state index is 12.2. The van der Waals surface area contributed by atoms with Crippen molar-refractivity contribution in [1.82, 2.24) is 19.7 Å². The van der Waals surface area contributed by atoms with Crippen LogP contribution in [0.15, 0.2) is 17.9 Å². The van der Waals surface area contributed by atoms with Gasteiger partial charge in [0.1, 0.15) is 4.88 Å². The minimum atomic E-state index is -0.496. The highest BCUT2D eigenvalue weighted by molar-refractivity contribution is 7.11. The van der Waals surface area contributed by atoms with E-state index in [2.05, 4.69) is 10.1 Å². The number of nitrogens with two attached hydrogens (primary N) is 1. The topological polar surface area (TPSA) is 94.1 Å². The molecule has 8 heteroatoms. The Morgan fingerprint density at radius 1 is 1.45 bits per heavy atom. The predicted molar refractivity (Wildman–Crippen MR) is 72.5 cm³/mol. The Hall–Kier alpha value is -2.22. The first-order valence-electron chi connectivity index (χ1n) is 6.09. The number of hydrogen-bond acceptors (Lipinski definition) is 5. The van der Waals surface area contributed by atoms with Crippen molar-refractivity contribution in [3.05, 3.63) is 34.0 Å². The monoisotopic (exact) mass is 291 g/mol. The number of thiazole rings is 1. The van der Waals surface area contributed by atoms with Crippen molar-refractivity contribution in [2.24, 2.45) is 5.73 Å². The Morgan fingerprint density at radius 2 is 2.20 bits per heavy atom. The number of carbonyl (C=O) groups excluding carboxylic acids is 2. The summed E-state index contributed by atoms with van der Waals surface area (Å²) in [5.41, 5.74) is 8.00. The molecule has 0 bridgehead atoms. The SMILES string of the molecule is Cc1ncsc1C(=O)N1CC(n2cc(C(N)=O)cn2)C1. The lowest BCUT2D eigenvalue weighted by molar-refractivity contribution is 0.0505. The molecule has 0 radical (unpaired) electrons. The van der Waals surface area contributed by atoms with Gasteiger partial charge in [0, 0.05) is 19.3 Å². The molecule has 0 saturated carbocycles. The molecule has 1 saturated heterocycles. The molecular formula is C12H13N5O2S. The molecule has 3 rings (SSSR count). The van der Waals surface area contributed by atoms with Gasteiger partial charge in [-0.2, -0.15) is 5.10 Å². The number of aryl methyl sites for hydroxylation is 1. The molecule has 0 spiro atoms. The molecule has 7 nitrogen and oxygen atoms in total. The second-order valence-corrected chi connectivity index (χ2v) is 5.56. The lowest BCUT2D eigenvalue weighted by Crippen LogP contribution is -2.50. The summed E-state index contributed by atoms with van der Waals surface area (Å²) in [5.74, 6) is -0.493. The average molecular weight is 291 g/mol. The van der Waals surface area contributed by atoms with Crippen molar-refractivity contribution in [1.29, 1.82) is 0 Å². The smallest absolute Gasteiger partial charge is 0.265 e. The van der Waals surface area contributed by atoms with E-state index in [0.717, 1.165) is 5.69 Å². The van der Waals surface area contributed by atoms with Crippen LogP contribution in [0.1, 0.15) is 31.8 Å². The van der Waals surface area contributed by atoms with E-state index in [1.54, 1.807) is 21.3 Å². The molecule has 2 N–H and O–H groups in total. The Balaban J connectivity index is 1.65. The van der Waals surface area contributed by atoms with Crippen LogP contribution in [-0.4, -0.2) is 44.6 Å². The highest BCUT2D eigenvalue weighted by Gasteiger charge is 2.34. The molecule has 0 unspecified atom stereocenters. The number of aromatic nitrogens is 3. The van der Waals surface area contributed by atoms with Gasteiger partial charge >= 0.3 is 0 Å². The minimum absolute atomic E-state index is 0.00327. The summed E-state index contributed by atoms with van der Waals surface area (Å²) >= 11 is 1.35. The van der Waals surface area contributed by atoms with Gasteiger partial charge in [-0.15, -0.1) is 11.3 Å². The van der Waals surface area contributed by atoms with Gasteiger partial charge in [-0.05, 0) is 6.92 Å². The van der Waals surface area contributed by atoms with E-state index in [1.807, 2.05) is 6.92 Å². The van der Waals surface area contributed by atoms with Gasteiger partial charge < -0.3 is 10.6 Å². The second kappa shape index (κ2) is 4.71. The van der Waals surface area contributed by atoms with Gasteiger partial charge in [-0.1, -0.05) is 0 Å². The van der Waals surface area contributed by atoms with Gasteiger partial charge in [0.05, 0.1) is 29.0 Å². The third-order valence-electron chi connectivity index (χ3n) is 3.35. The third kappa shape index (κ3) is 2.07. The lowest BCUT2D eigenvalue weighted by Gasteiger charge is -2.38. The number of primary amides is 1. The first-order chi connectivity index (χ1) is 9.56. The molecule has 104 valence electrons. The van der Waals surface area contributed by atoms with E-state index in [4.69, 9.17) is 5.73 Å². The minimum Gasteiger partial charge on any atom is -0.366 e. The van der Waals surface area contributed by atoms with Crippen molar-refractivity contribution >= 4 is 23.2 Å². The van der Waals surface area contributed by atoms with Gasteiger partial charge in [0.15, 0.2) is 0 Å². The van der Waals surface area contributed by atoms with Gasteiger partial charge in [-0.25, -0.2) is 4.98 Å². The summed E-state index contributed by atoms with van der Waals surface area (Å²) in [4.78, 5) is 29.7. The molecule has 3 heterocycles. The van der Waals surface area contributed by atoms with E-state index in [9.17, 15) is 9.59 Å². The van der Waals surface area contributed by atoms with Crippen LogP contribution in [-0.2, 0) is 0 Å². The Bertz CT molecular complexity index is 671. The fourth-order valence-electron chi connectivity index (χ4n) is 2.10. The summed E-state index contributed by atoms with van der Waals surface area (Å²) in [5, 5.41) is 4.10. The molecule has 20 heavy (non-hydrogen) atoms. The Kier molecular flexibility index (Phi) is 3.01. The van der Waals surface area contributed by atoms with Crippen LogP contribution in [0, 0.1) is 6.92 Å². The third-order valence-corrected chi connectivity index (χ3v) is 4.27. The quantitative estimate of drug-likeness (QED) is 0.888. The van der Waals surface area contributed by atoms with Crippen molar-refractivity contribution in [2.75, 3.05) is 13.1 Å². The zero-order valence-corrected chi connectivity index (χ0v) is 11.6. The molecule has 0 aromatic carbocycles. The fourth-order valence-corrected chi connectivity index (χ4v) is 2.87. The summed E-state index contributed by atoms with van der Waals surface area (Å²) in [7, 11) is 0. The van der Waals surface area contributed by atoms with Crippen LogP contribution in [0.2, 0.25) is 0 Å². The molecule has 2 aromatic rings. The maximum absolute atomic E-state index is 12.2. The predicted octanol–water partition coefficient (Wildman–Crippen LogP) is 0.444. The molecule has 2 amide bonds. The van der Waals surface area contributed by atoms with E-state index in [1.165, 1.54) is 17.5 Å². The Labute approximate surface area is 119 Å². The normalized spacial score (nSPS) is 15.2. The number of rotatable bonds is 3. The highest BCUT2D eigenvalue weighted by atomic mass is 32.1. The first-order valence-corrected chi connectivity index (χ1v) is 6.97. The standard InChI is InChI=1S/C12H13N5O2S/c1-7-10(20-6-14-7)12(19)16-4-9(5-16)17-3-8(2-15-17)11(13)18/h2-3,6,9H,4-5H2,1H3,(H2,13,18). The zero-order valence-electron chi connectivity index (χ0n) is 10.8. The maximum Gasteiger partial charge on any atom is 0.265 e. The van der Waals surface area contributed by atoms with E-state index >= 15 is 0 Å². The molecule has 1 fully saturated rings. The Morgan fingerprint density at radius 3 is 2.75 bits per heavy atom. The van der Waals surface area contributed by atoms with Crippen molar-refractivity contribution < 1.29 is 9.59 Å². The van der Waals surface area contributed by atoms with Crippen LogP contribution in [0.5, 0.6) is 0 Å². The summed E-state index contributed by atoms with van der Waals surface area (Å²) in [6.07, 6.45) is 3.06. The van der Waals surface area contributed by atoms with Gasteiger partial charge in [0.25, 0.3) is 11.8 Å².